The first kappa shape index (κ1) is 22.5. The molecule has 0 saturated heterocycles. The van der Waals surface area contributed by atoms with Gasteiger partial charge in [-0.1, -0.05) is 97.3 Å². The number of hydrogen-bond donors (Lipinski definition) is 0. The van der Waals surface area contributed by atoms with Crippen LogP contribution in [0.4, 0.5) is 0 Å². The maximum atomic E-state index is 11.9. The van der Waals surface area contributed by atoms with Gasteiger partial charge >= 0.3 is 5.97 Å². The highest BCUT2D eigenvalue weighted by Gasteiger charge is 2.18. The fraction of sp³-hybridized carbons (Fsp3) is 0.952. The Balaban J connectivity index is 3.52. The van der Waals surface area contributed by atoms with Gasteiger partial charge in [0.1, 0.15) is 0 Å². The molecular weight excluding hydrogens is 284 g/mol. The summed E-state index contributed by atoms with van der Waals surface area (Å²) in [4.78, 5) is 11.9. The lowest BCUT2D eigenvalue weighted by Crippen LogP contribution is -2.17. The Labute approximate surface area is 145 Å². The Morgan fingerprint density at radius 2 is 1.09 bits per heavy atom. The molecule has 23 heavy (non-hydrogen) atoms. The zero-order chi connectivity index (χ0) is 17.2. The molecule has 0 aliphatic rings. The Morgan fingerprint density at radius 1 is 0.652 bits per heavy atom. The van der Waals surface area contributed by atoms with Crippen molar-refractivity contribution >= 4 is 5.97 Å². The lowest BCUT2D eigenvalue weighted by Gasteiger charge is -2.15. The van der Waals surface area contributed by atoms with Crippen LogP contribution in [0.15, 0.2) is 0 Å². The van der Waals surface area contributed by atoms with Crippen molar-refractivity contribution in [3.05, 3.63) is 0 Å². The average molecular weight is 327 g/mol. The molecule has 0 bridgehead atoms. The highest BCUT2D eigenvalue weighted by molar-refractivity contribution is 5.72. The third kappa shape index (κ3) is 14.8. The summed E-state index contributed by atoms with van der Waals surface area (Å²) in [5.41, 5.74) is 0. The summed E-state index contributed by atoms with van der Waals surface area (Å²) in [6, 6.07) is 0. The van der Waals surface area contributed by atoms with Gasteiger partial charge in [0.15, 0.2) is 0 Å². The fourth-order valence-corrected chi connectivity index (χ4v) is 3.15. The van der Waals surface area contributed by atoms with E-state index < -0.39 is 0 Å². The van der Waals surface area contributed by atoms with Crippen LogP contribution in [0.1, 0.15) is 117 Å². The SMILES string of the molecule is CCCCCCCCCCCCCC(CCCC)C(=O)OCC. The molecule has 0 aliphatic heterocycles. The molecule has 0 spiro atoms. The van der Waals surface area contributed by atoms with Crippen molar-refractivity contribution in [1.29, 1.82) is 0 Å². The van der Waals surface area contributed by atoms with E-state index >= 15 is 0 Å². The summed E-state index contributed by atoms with van der Waals surface area (Å²) in [5.74, 6) is 0.182. The molecule has 1 atom stereocenters. The van der Waals surface area contributed by atoms with Crippen molar-refractivity contribution in [3.63, 3.8) is 0 Å². The summed E-state index contributed by atoms with van der Waals surface area (Å²) in [6.45, 7) is 6.87. The second-order valence-electron chi connectivity index (χ2n) is 6.92. The molecule has 0 heterocycles. The Kier molecular flexibility index (Phi) is 17.4. The standard InChI is InChI=1S/C21H42O2/c1-4-7-9-10-11-12-13-14-15-16-17-19-20(18-8-5-2)21(22)23-6-3/h20H,4-19H2,1-3H3. The molecule has 0 radical (unpaired) electrons. The second-order valence-corrected chi connectivity index (χ2v) is 6.92. The van der Waals surface area contributed by atoms with Gasteiger partial charge in [-0.2, -0.15) is 0 Å². The first-order valence-corrected chi connectivity index (χ1v) is 10.4. The number of ether oxygens (including phenoxy) is 1. The van der Waals surface area contributed by atoms with Crippen molar-refractivity contribution in [3.8, 4) is 0 Å². The maximum Gasteiger partial charge on any atom is 0.308 e. The fourth-order valence-electron chi connectivity index (χ4n) is 3.15. The van der Waals surface area contributed by atoms with Crippen LogP contribution in [0.2, 0.25) is 0 Å². The van der Waals surface area contributed by atoms with E-state index in [1.807, 2.05) is 6.92 Å². The van der Waals surface area contributed by atoms with Gasteiger partial charge in [-0.3, -0.25) is 4.79 Å². The van der Waals surface area contributed by atoms with Gasteiger partial charge < -0.3 is 4.74 Å². The summed E-state index contributed by atoms with van der Waals surface area (Å²) >= 11 is 0. The Hall–Kier alpha value is -0.530. The van der Waals surface area contributed by atoms with Gasteiger partial charge in [-0.25, -0.2) is 0 Å². The summed E-state index contributed by atoms with van der Waals surface area (Å²) in [6.07, 6.45) is 19.3. The number of esters is 1. The van der Waals surface area contributed by atoms with Gasteiger partial charge in [0.25, 0.3) is 0 Å². The lowest BCUT2D eigenvalue weighted by molar-refractivity contribution is -0.148. The Morgan fingerprint density at radius 3 is 1.57 bits per heavy atom. The molecule has 138 valence electrons. The van der Waals surface area contributed by atoms with Gasteiger partial charge in [-0.05, 0) is 19.8 Å². The van der Waals surface area contributed by atoms with Crippen molar-refractivity contribution in [2.24, 2.45) is 5.92 Å². The maximum absolute atomic E-state index is 11.9. The molecule has 0 aliphatic carbocycles. The van der Waals surface area contributed by atoms with Gasteiger partial charge in [-0.15, -0.1) is 0 Å². The minimum Gasteiger partial charge on any atom is -0.466 e. The van der Waals surface area contributed by atoms with Crippen molar-refractivity contribution in [2.45, 2.75) is 117 Å². The summed E-state index contributed by atoms with van der Waals surface area (Å²) in [5, 5.41) is 0. The van der Waals surface area contributed by atoms with E-state index in [4.69, 9.17) is 4.74 Å². The van der Waals surface area contributed by atoms with Crippen LogP contribution in [-0.2, 0) is 9.53 Å². The average Bonchev–Trinajstić information content (AvgIpc) is 2.55. The number of hydrogen-bond acceptors (Lipinski definition) is 2. The third-order valence-corrected chi connectivity index (χ3v) is 4.68. The third-order valence-electron chi connectivity index (χ3n) is 4.68. The van der Waals surface area contributed by atoms with E-state index in [0.717, 1.165) is 25.7 Å². The summed E-state index contributed by atoms with van der Waals surface area (Å²) < 4.78 is 5.21. The van der Waals surface area contributed by atoms with Crippen molar-refractivity contribution in [1.82, 2.24) is 0 Å². The minimum absolute atomic E-state index is 0.0352. The lowest BCUT2D eigenvalue weighted by atomic mass is 9.95. The van der Waals surface area contributed by atoms with E-state index in [1.165, 1.54) is 70.6 Å². The number of carbonyl (C=O) groups is 1. The van der Waals surface area contributed by atoms with Crippen LogP contribution in [0.3, 0.4) is 0 Å². The highest BCUT2D eigenvalue weighted by Crippen LogP contribution is 2.19. The van der Waals surface area contributed by atoms with Crippen LogP contribution in [0, 0.1) is 5.92 Å². The van der Waals surface area contributed by atoms with E-state index in [9.17, 15) is 4.79 Å². The smallest absolute Gasteiger partial charge is 0.308 e. The molecule has 0 aromatic heterocycles. The molecule has 0 saturated carbocycles. The molecule has 0 N–H and O–H groups in total. The number of rotatable bonds is 17. The van der Waals surface area contributed by atoms with Gasteiger partial charge in [0.05, 0.1) is 12.5 Å². The molecule has 0 fully saturated rings. The van der Waals surface area contributed by atoms with Crippen LogP contribution in [0.5, 0.6) is 0 Å². The zero-order valence-corrected chi connectivity index (χ0v) is 16.2. The predicted molar refractivity (Wildman–Crippen MR) is 101 cm³/mol. The van der Waals surface area contributed by atoms with Crippen molar-refractivity contribution in [2.75, 3.05) is 6.61 Å². The van der Waals surface area contributed by atoms with E-state index in [2.05, 4.69) is 13.8 Å². The predicted octanol–water partition coefficient (Wildman–Crippen LogP) is 7.06. The topological polar surface area (TPSA) is 26.3 Å². The Bertz CT molecular complexity index is 250. The molecule has 2 nitrogen and oxygen atoms in total. The number of unbranched alkanes of at least 4 members (excludes halogenated alkanes) is 11. The first-order valence-electron chi connectivity index (χ1n) is 10.4. The van der Waals surface area contributed by atoms with Crippen LogP contribution in [0.25, 0.3) is 0 Å². The molecule has 0 amide bonds. The van der Waals surface area contributed by atoms with E-state index in [0.29, 0.717) is 6.61 Å². The molecule has 0 aromatic rings. The second kappa shape index (κ2) is 17.8. The monoisotopic (exact) mass is 326 g/mol. The van der Waals surface area contributed by atoms with Gasteiger partial charge in [0, 0.05) is 0 Å². The zero-order valence-electron chi connectivity index (χ0n) is 16.2. The van der Waals surface area contributed by atoms with Crippen LogP contribution in [-0.4, -0.2) is 12.6 Å². The van der Waals surface area contributed by atoms with Crippen LogP contribution >= 0.6 is 0 Å². The normalized spacial score (nSPS) is 12.3. The van der Waals surface area contributed by atoms with Crippen molar-refractivity contribution < 1.29 is 9.53 Å². The molecule has 1 unspecified atom stereocenters. The van der Waals surface area contributed by atoms with Gasteiger partial charge in [0.2, 0.25) is 0 Å². The largest absolute Gasteiger partial charge is 0.466 e. The minimum atomic E-state index is 0.0352. The van der Waals surface area contributed by atoms with Crippen LogP contribution < -0.4 is 0 Å². The highest BCUT2D eigenvalue weighted by atomic mass is 16.5. The van der Waals surface area contributed by atoms with E-state index in [-0.39, 0.29) is 11.9 Å². The first-order chi connectivity index (χ1) is 11.3. The van der Waals surface area contributed by atoms with E-state index in [1.54, 1.807) is 0 Å². The molecule has 0 rings (SSSR count). The summed E-state index contributed by atoms with van der Waals surface area (Å²) in [7, 11) is 0. The number of carbonyl (C=O) groups excluding carboxylic acids is 1. The molecule has 2 heteroatoms. The molecular formula is C21H42O2. The quantitative estimate of drug-likeness (QED) is 0.211. The molecule has 0 aromatic carbocycles.